The minimum atomic E-state index is -3.43. The number of sulfonamides is 1. The lowest BCUT2D eigenvalue weighted by atomic mass is 10.2. The molecule has 0 aliphatic rings. The van der Waals surface area contributed by atoms with Gasteiger partial charge in [0.15, 0.2) is 0 Å². The van der Waals surface area contributed by atoms with E-state index in [2.05, 4.69) is 11.6 Å². The zero-order valence-electron chi connectivity index (χ0n) is 11.2. The molecule has 0 unspecified atom stereocenters. The van der Waals surface area contributed by atoms with Crippen LogP contribution in [0.1, 0.15) is 12.5 Å². The van der Waals surface area contributed by atoms with Crippen molar-refractivity contribution in [3.63, 3.8) is 0 Å². The smallest absolute Gasteiger partial charge is 0.207 e. The Kier molecular flexibility index (Phi) is 5.23. The molecular weight excluding hydrogens is 290 g/mol. The molecule has 2 aromatic carbocycles. The van der Waals surface area contributed by atoms with Crippen LogP contribution >= 0.6 is 11.8 Å². The highest BCUT2D eigenvalue weighted by Crippen LogP contribution is 2.18. The molecule has 0 heterocycles. The highest BCUT2D eigenvalue weighted by atomic mass is 32.2. The third-order valence-corrected chi connectivity index (χ3v) is 5.07. The summed E-state index contributed by atoms with van der Waals surface area (Å²) in [6, 6.07) is 16.3. The maximum absolute atomic E-state index is 12.1. The van der Waals surface area contributed by atoms with Gasteiger partial charge in [-0.05, 0) is 35.6 Å². The van der Waals surface area contributed by atoms with E-state index in [4.69, 9.17) is 0 Å². The van der Waals surface area contributed by atoms with Gasteiger partial charge in [-0.2, -0.15) is 0 Å². The van der Waals surface area contributed by atoms with Gasteiger partial charge in [0, 0.05) is 11.4 Å². The average Bonchev–Trinajstić information content (AvgIpc) is 2.48. The van der Waals surface area contributed by atoms with Crippen molar-refractivity contribution in [3.05, 3.63) is 60.2 Å². The normalized spacial score (nSPS) is 11.4. The van der Waals surface area contributed by atoms with Crippen LogP contribution in [0.3, 0.4) is 0 Å². The molecule has 0 fully saturated rings. The first kappa shape index (κ1) is 15.1. The Bertz CT molecular complexity index is 637. The molecule has 0 bridgehead atoms. The molecule has 0 spiro atoms. The van der Waals surface area contributed by atoms with Crippen LogP contribution in [0.2, 0.25) is 0 Å². The molecule has 106 valence electrons. The lowest BCUT2D eigenvalue weighted by Gasteiger charge is -2.07. The summed E-state index contributed by atoms with van der Waals surface area (Å²) in [4.78, 5) is 1.49. The molecule has 0 saturated carbocycles. The van der Waals surface area contributed by atoms with Gasteiger partial charge in [-0.15, -0.1) is 11.8 Å². The van der Waals surface area contributed by atoms with E-state index in [-0.39, 0.29) is 4.90 Å². The van der Waals surface area contributed by atoms with Gasteiger partial charge in [-0.3, -0.25) is 0 Å². The lowest BCUT2D eigenvalue weighted by molar-refractivity contribution is 0.581. The molecule has 2 rings (SSSR count). The number of thioether (sulfide) groups is 1. The van der Waals surface area contributed by atoms with Gasteiger partial charge < -0.3 is 0 Å². The minimum absolute atomic E-state index is 0.290. The first-order chi connectivity index (χ1) is 9.62. The lowest BCUT2D eigenvalue weighted by Crippen LogP contribution is -2.23. The summed E-state index contributed by atoms with van der Waals surface area (Å²) in [6.07, 6.45) is 0. The second-order valence-corrected chi connectivity index (χ2v) is 7.32. The number of hydrogen-bond acceptors (Lipinski definition) is 3. The van der Waals surface area contributed by atoms with Gasteiger partial charge in [0.25, 0.3) is 0 Å². The van der Waals surface area contributed by atoms with E-state index >= 15 is 0 Å². The molecule has 0 amide bonds. The third kappa shape index (κ3) is 4.10. The van der Waals surface area contributed by atoms with E-state index in [9.17, 15) is 8.42 Å². The summed E-state index contributed by atoms with van der Waals surface area (Å²) in [5, 5.41) is 0. The van der Waals surface area contributed by atoms with Gasteiger partial charge in [-0.1, -0.05) is 37.3 Å². The molecule has 0 aromatic heterocycles. The first-order valence-corrected chi connectivity index (χ1v) is 8.85. The van der Waals surface area contributed by atoms with Crippen LogP contribution in [0.15, 0.2) is 64.4 Å². The minimum Gasteiger partial charge on any atom is -0.207 e. The summed E-state index contributed by atoms with van der Waals surface area (Å²) >= 11 is 1.77. The van der Waals surface area contributed by atoms with E-state index in [0.717, 1.165) is 11.3 Å². The van der Waals surface area contributed by atoms with Gasteiger partial charge in [-0.25, -0.2) is 13.1 Å². The predicted molar refractivity (Wildman–Crippen MR) is 83.3 cm³/mol. The standard InChI is InChI=1S/C15H17NO2S2/c1-2-19-14-10-8-13(9-11-14)12-16-20(17,18)15-6-4-3-5-7-15/h3-11,16H,2,12H2,1H3. The van der Waals surface area contributed by atoms with Crippen molar-refractivity contribution < 1.29 is 8.42 Å². The summed E-state index contributed by atoms with van der Waals surface area (Å²) in [6.45, 7) is 2.40. The molecular formula is C15H17NO2S2. The second-order valence-electron chi connectivity index (χ2n) is 4.21. The molecule has 3 nitrogen and oxygen atoms in total. The Hall–Kier alpha value is -1.30. The largest absolute Gasteiger partial charge is 0.240 e. The van der Waals surface area contributed by atoms with E-state index in [1.165, 1.54) is 4.90 Å². The number of rotatable bonds is 6. The fourth-order valence-electron chi connectivity index (χ4n) is 1.73. The molecule has 5 heteroatoms. The molecule has 0 aliphatic carbocycles. The molecule has 1 N–H and O–H groups in total. The maximum atomic E-state index is 12.1. The van der Waals surface area contributed by atoms with Crippen LogP contribution in [0.5, 0.6) is 0 Å². The zero-order chi connectivity index (χ0) is 14.4. The average molecular weight is 307 g/mol. The molecule has 0 saturated heterocycles. The Morgan fingerprint density at radius 3 is 2.25 bits per heavy atom. The summed E-state index contributed by atoms with van der Waals surface area (Å²) in [7, 11) is -3.43. The Balaban J connectivity index is 2.01. The zero-order valence-corrected chi connectivity index (χ0v) is 12.9. The maximum Gasteiger partial charge on any atom is 0.240 e. The fourth-order valence-corrected chi connectivity index (χ4v) is 3.43. The van der Waals surface area contributed by atoms with Crippen molar-refractivity contribution in [3.8, 4) is 0 Å². The molecule has 2 aromatic rings. The van der Waals surface area contributed by atoms with Crippen molar-refractivity contribution in [2.24, 2.45) is 0 Å². The third-order valence-electron chi connectivity index (χ3n) is 2.75. The predicted octanol–water partition coefficient (Wildman–Crippen LogP) is 3.28. The summed E-state index contributed by atoms with van der Waals surface area (Å²) in [5.41, 5.74) is 0.949. The van der Waals surface area contributed by atoms with Crippen molar-refractivity contribution in [2.45, 2.75) is 23.3 Å². The SMILES string of the molecule is CCSc1ccc(CNS(=O)(=O)c2ccccc2)cc1. The topological polar surface area (TPSA) is 46.2 Å². The van der Waals surface area contributed by atoms with Crippen LogP contribution in [0.25, 0.3) is 0 Å². The van der Waals surface area contributed by atoms with Crippen LogP contribution in [0, 0.1) is 0 Å². The summed E-state index contributed by atoms with van der Waals surface area (Å²) in [5.74, 6) is 1.03. The first-order valence-electron chi connectivity index (χ1n) is 6.38. The van der Waals surface area contributed by atoms with E-state index in [1.54, 1.807) is 42.1 Å². The molecule has 0 aliphatic heterocycles. The van der Waals surface area contributed by atoms with Crippen molar-refractivity contribution in [1.82, 2.24) is 4.72 Å². The Labute approximate surface area is 124 Å². The second kappa shape index (κ2) is 6.92. The highest BCUT2D eigenvalue weighted by molar-refractivity contribution is 7.99. The Morgan fingerprint density at radius 1 is 1.00 bits per heavy atom. The number of benzene rings is 2. The van der Waals surface area contributed by atoms with Crippen LogP contribution in [0.4, 0.5) is 0 Å². The van der Waals surface area contributed by atoms with Crippen LogP contribution < -0.4 is 4.72 Å². The molecule has 20 heavy (non-hydrogen) atoms. The summed E-state index contributed by atoms with van der Waals surface area (Å²) < 4.78 is 26.7. The van der Waals surface area contributed by atoms with Gasteiger partial charge in [0.1, 0.15) is 0 Å². The van der Waals surface area contributed by atoms with Crippen LogP contribution in [-0.4, -0.2) is 14.2 Å². The van der Waals surface area contributed by atoms with Crippen molar-refractivity contribution in [1.29, 1.82) is 0 Å². The monoisotopic (exact) mass is 307 g/mol. The Morgan fingerprint density at radius 2 is 1.65 bits per heavy atom. The van der Waals surface area contributed by atoms with Gasteiger partial charge in [0.05, 0.1) is 4.90 Å². The molecule has 0 radical (unpaired) electrons. The number of nitrogens with one attached hydrogen (secondary N) is 1. The quantitative estimate of drug-likeness (QED) is 0.833. The van der Waals surface area contributed by atoms with E-state index in [1.807, 2.05) is 24.3 Å². The van der Waals surface area contributed by atoms with Gasteiger partial charge in [0.2, 0.25) is 10.0 Å². The van der Waals surface area contributed by atoms with Gasteiger partial charge >= 0.3 is 0 Å². The van der Waals surface area contributed by atoms with Crippen molar-refractivity contribution in [2.75, 3.05) is 5.75 Å². The van der Waals surface area contributed by atoms with E-state index in [0.29, 0.717) is 6.54 Å². The fraction of sp³-hybridized carbons (Fsp3) is 0.200. The highest BCUT2D eigenvalue weighted by Gasteiger charge is 2.12. The van der Waals surface area contributed by atoms with Crippen LogP contribution in [-0.2, 0) is 16.6 Å². The molecule has 0 atom stereocenters. The van der Waals surface area contributed by atoms with Crippen molar-refractivity contribution >= 4 is 21.8 Å². The van der Waals surface area contributed by atoms with E-state index < -0.39 is 10.0 Å². The number of hydrogen-bond donors (Lipinski definition) is 1.